The lowest BCUT2D eigenvalue weighted by atomic mass is 10.1. The van der Waals surface area contributed by atoms with Crippen LogP contribution in [0, 0.1) is 5.92 Å². The van der Waals surface area contributed by atoms with Crippen molar-refractivity contribution in [3.8, 4) is 0 Å². The van der Waals surface area contributed by atoms with Gasteiger partial charge in [0.05, 0.1) is 5.92 Å². The summed E-state index contributed by atoms with van der Waals surface area (Å²) in [5, 5.41) is 11.7. The summed E-state index contributed by atoms with van der Waals surface area (Å²) in [5.74, 6) is -1.24. The highest BCUT2D eigenvalue weighted by molar-refractivity contribution is 5.92. The van der Waals surface area contributed by atoms with Gasteiger partial charge in [0.15, 0.2) is 0 Å². The zero-order chi connectivity index (χ0) is 11.5. The van der Waals surface area contributed by atoms with Crippen LogP contribution in [0.4, 0.5) is 0 Å². The third-order valence-electron chi connectivity index (χ3n) is 2.96. The largest absolute Gasteiger partial charge is 0.481 e. The molecule has 1 aromatic heterocycles. The number of nitrogens with one attached hydrogen (secondary N) is 2. The van der Waals surface area contributed by atoms with Gasteiger partial charge in [-0.15, -0.1) is 0 Å². The fourth-order valence-corrected chi connectivity index (χ4v) is 2.07. The molecule has 16 heavy (non-hydrogen) atoms. The minimum Gasteiger partial charge on any atom is -0.481 e. The van der Waals surface area contributed by atoms with E-state index < -0.39 is 5.97 Å². The van der Waals surface area contributed by atoms with Crippen molar-refractivity contribution in [1.29, 1.82) is 0 Å². The van der Waals surface area contributed by atoms with Crippen LogP contribution in [0.3, 0.4) is 0 Å². The molecule has 0 saturated heterocycles. The Kier molecular flexibility index (Phi) is 2.94. The summed E-state index contributed by atoms with van der Waals surface area (Å²) < 4.78 is 0. The molecular weight excluding hydrogens is 208 g/mol. The molecule has 5 heteroatoms. The molecule has 2 atom stereocenters. The summed E-state index contributed by atoms with van der Waals surface area (Å²) in [6.07, 6.45) is 3.60. The monoisotopic (exact) mass is 222 g/mol. The van der Waals surface area contributed by atoms with Crippen molar-refractivity contribution in [2.45, 2.75) is 25.3 Å². The molecule has 1 aromatic rings. The topological polar surface area (TPSA) is 82.2 Å². The van der Waals surface area contributed by atoms with E-state index in [1.807, 2.05) is 0 Å². The van der Waals surface area contributed by atoms with Crippen LogP contribution in [0.25, 0.3) is 0 Å². The minimum atomic E-state index is -0.767. The van der Waals surface area contributed by atoms with Crippen molar-refractivity contribution in [1.82, 2.24) is 10.3 Å². The van der Waals surface area contributed by atoms with E-state index in [2.05, 4.69) is 10.3 Å². The minimum absolute atomic E-state index is 0.0168. The Morgan fingerprint density at radius 2 is 2.25 bits per heavy atom. The number of rotatable bonds is 3. The van der Waals surface area contributed by atoms with E-state index in [0.717, 1.165) is 6.42 Å². The number of carbonyl (C=O) groups excluding carboxylic acids is 1. The predicted octanol–water partition coefficient (Wildman–Crippen LogP) is 0.998. The van der Waals surface area contributed by atoms with Crippen LogP contribution < -0.4 is 5.32 Å². The molecule has 1 fully saturated rings. The molecule has 1 aliphatic rings. The lowest BCUT2D eigenvalue weighted by Crippen LogP contribution is -2.33. The first-order chi connectivity index (χ1) is 7.66. The van der Waals surface area contributed by atoms with Crippen LogP contribution in [0.2, 0.25) is 0 Å². The van der Waals surface area contributed by atoms with Crippen molar-refractivity contribution in [2.75, 3.05) is 0 Å². The van der Waals surface area contributed by atoms with Gasteiger partial charge in [-0.2, -0.15) is 0 Å². The van der Waals surface area contributed by atoms with Crippen LogP contribution in [-0.4, -0.2) is 28.0 Å². The lowest BCUT2D eigenvalue weighted by Gasteiger charge is -2.11. The average molecular weight is 222 g/mol. The molecule has 1 aliphatic carbocycles. The van der Waals surface area contributed by atoms with Gasteiger partial charge >= 0.3 is 5.97 Å². The Labute approximate surface area is 92.9 Å². The zero-order valence-electron chi connectivity index (χ0n) is 8.77. The maximum Gasteiger partial charge on any atom is 0.306 e. The molecule has 0 aromatic carbocycles. The van der Waals surface area contributed by atoms with E-state index in [1.165, 1.54) is 0 Å². The van der Waals surface area contributed by atoms with Gasteiger partial charge in [0.25, 0.3) is 5.91 Å². The van der Waals surface area contributed by atoms with Crippen LogP contribution in [0.15, 0.2) is 18.3 Å². The quantitative estimate of drug-likeness (QED) is 0.713. The average Bonchev–Trinajstić information content (AvgIpc) is 2.87. The first-order valence-corrected chi connectivity index (χ1v) is 5.34. The van der Waals surface area contributed by atoms with Crippen LogP contribution in [-0.2, 0) is 4.79 Å². The highest BCUT2D eigenvalue weighted by atomic mass is 16.4. The maximum absolute atomic E-state index is 11.6. The number of aromatic amines is 1. The second-order valence-corrected chi connectivity index (χ2v) is 4.10. The Morgan fingerprint density at radius 1 is 1.44 bits per heavy atom. The predicted molar refractivity (Wildman–Crippen MR) is 57.0 cm³/mol. The Morgan fingerprint density at radius 3 is 2.81 bits per heavy atom. The molecule has 1 saturated carbocycles. The third kappa shape index (κ3) is 2.24. The third-order valence-corrected chi connectivity index (χ3v) is 2.96. The molecule has 2 rings (SSSR count). The summed E-state index contributed by atoms with van der Waals surface area (Å²) in [7, 11) is 0. The fraction of sp³-hybridized carbons (Fsp3) is 0.455. The van der Waals surface area contributed by atoms with Gasteiger partial charge in [-0.25, -0.2) is 0 Å². The summed E-state index contributed by atoms with van der Waals surface area (Å²) in [4.78, 5) is 25.2. The molecule has 0 bridgehead atoms. The van der Waals surface area contributed by atoms with E-state index in [-0.39, 0.29) is 17.9 Å². The van der Waals surface area contributed by atoms with Gasteiger partial charge in [-0.3, -0.25) is 9.59 Å². The molecule has 1 amide bonds. The van der Waals surface area contributed by atoms with Crippen LogP contribution in [0.5, 0.6) is 0 Å². The lowest BCUT2D eigenvalue weighted by molar-refractivity contribution is -0.141. The van der Waals surface area contributed by atoms with E-state index in [0.29, 0.717) is 18.5 Å². The molecule has 86 valence electrons. The molecule has 0 spiro atoms. The van der Waals surface area contributed by atoms with Crippen molar-refractivity contribution in [2.24, 2.45) is 5.92 Å². The highest BCUT2D eigenvalue weighted by Crippen LogP contribution is 2.25. The van der Waals surface area contributed by atoms with Crippen LogP contribution in [0.1, 0.15) is 29.8 Å². The number of aliphatic carboxylic acids is 1. The number of amides is 1. The van der Waals surface area contributed by atoms with Gasteiger partial charge in [0, 0.05) is 12.2 Å². The summed E-state index contributed by atoms with van der Waals surface area (Å²) in [6.45, 7) is 0. The smallest absolute Gasteiger partial charge is 0.306 e. The second-order valence-electron chi connectivity index (χ2n) is 4.10. The van der Waals surface area contributed by atoms with Gasteiger partial charge in [0.1, 0.15) is 5.69 Å². The Balaban J connectivity index is 1.88. The molecular formula is C11H14N2O3. The first-order valence-electron chi connectivity index (χ1n) is 5.34. The molecule has 0 radical (unpaired) electrons. The molecule has 1 heterocycles. The number of carboxylic acid groups (broad SMARTS) is 1. The van der Waals surface area contributed by atoms with Crippen LogP contribution >= 0.6 is 0 Å². The molecule has 0 unspecified atom stereocenters. The van der Waals surface area contributed by atoms with E-state index in [4.69, 9.17) is 5.11 Å². The van der Waals surface area contributed by atoms with E-state index in [9.17, 15) is 9.59 Å². The summed E-state index contributed by atoms with van der Waals surface area (Å²) in [6, 6.07) is 3.43. The maximum atomic E-state index is 11.6. The SMILES string of the molecule is O=C(N[C@H]1CC[C@@H](C(=O)O)C1)c1ccc[nH]1. The van der Waals surface area contributed by atoms with E-state index in [1.54, 1.807) is 18.3 Å². The normalized spacial score (nSPS) is 24.2. The highest BCUT2D eigenvalue weighted by Gasteiger charge is 2.30. The van der Waals surface area contributed by atoms with Crippen molar-refractivity contribution in [3.05, 3.63) is 24.0 Å². The number of hydrogen-bond donors (Lipinski definition) is 3. The molecule has 3 N–H and O–H groups in total. The number of carboxylic acids is 1. The van der Waals surface area contributed by atoms with Gasteiger partial charge in [-0.1, -0.05) is 0 Å². The Hall–Kier alpha value is -1.78. The number of hydrogen-bond acceptors (Lipinski definition) is 2. The molecule has 0 aliphatic heterocycles. The molecule has 5 nitrogen and oxygen atoms in total. The standard InChI is InChI=1S/C11H14N2O3/c14-10(9-2-1-5-12-9)13-8-4-3-7(6-8)11(15)16/h1-2,5,7-8,12H,3-4,6H2,(H,13,14)(H,15,16)/t7-,8+/m1/s1. The number of H-pyrrole nitrogens is 1. The number of aromatic nitrogens is 1. The van der Waals surface area contributed by atoms with E-state index >= 15 is 0 Å². The van der Waals surface area contributed by atoms with Crippen molar-refractivity contribution in [3.63, 3.8) is 0 Å². The first kappa shape index (κ1) is 10.7. The van der Waals surface area contributed by atoms with Crippen molar-refractivity contribution >= 4 is 11.9 Å². The van der Waals surface area contributed by atoms with Crippen molar-refractivity contribution < 1.29 is 14.7 Å². The van der Waals surface area contributed by atoms with Gasteiger partial charge in [-0.05, 0) is 31.4 Å². The summed E-state index contributed by atoms with van der Waals surface area (Å²) >= 11 is 0. The van der Waals surface area contributed by atoms with Gasteiger partial charge < -0.3 is 15.4 Å². The Bertz CT molecular complexity index is 386. The number of carbonyl (C=O) groups is 2. The zero-order valence-corrected chi connectivity index (χ0v) is 8.77. The fourth-order valence-electron chi connectivity index (χ4n) is 2.07. The van der Waals surface area contributed by atoms with Gasteiger partial charge in [0.2, 0.25) is 0 Å². The second kappa shape index (κ2) is 4.38. The summed E-state index contributed by atoms with van der Waals surface area (Å²) in [5.41, 5.74) is 0.513.